The van der Waals surface area contributed by atoms with Crippen LogP contribution < -0.4 is 4.74 Å². The van der Waals surface area contributed by atoms with Crippen molar-refractivity contribution < 1.29 is 13.2 Å². The molecule has 1 atom stereocenters. The van der Waals surface area contributed by atoms with Crippen LogP contribution in [-0.4, -0.2) is 48.1 Å². The third kappa shape index (κ3) is 3.37. The van der Waals surface area contributed by atoms with E-state index in [4.69, 9.17) is 4.74 Å². The number of sulfonamides is 1. The molecule has 0 aliphatic carbocycles. The van der Waals surface area contributed by atoms with E-state index in [1.54, 1.807) is 12.4 Å². The summed E-state index contributed by atoms with van der Waals surface area (Å²) in [6.07, 6.45) is 7.36. The number of rotatable bonds is 3. The summed E-state index contributed by atoms with van der Waals surface area (Å²) in [7, 11) is -3.13. The molecule has 0 amide bonds. The highest BCUT2D eigenvalue weighted by Gasteiger charge is 2.27. The molecule has 2 heterocycles. The summed E-state index contributed by atoms with van der Waals surface area (Å²) in [5, 5.41) is 0. The molecule has 0 saturated carbocycles. The van der Waals surface area contributed by atoms with E-state index < -0.39 is 10.0 Å². The summed E-state index contributed by atoms with van der Waals surface area (Å²) in [6.45, 7) is 0.953. The van der Waals surface area contributed by atoms with Gasteiger partial charge in [0.05, 0.1) is 19.0 Å². The van der Waals surface area contributed by atoms with Crippen LogP contribution in [0, 0.1) is 0 Å². The van der Waals surface area contributed by atoms with E-state index in [1.807, 2.05) is 0 Å². The van der Waals surface area contributed by atoms with Gasteiger partial charge in [-0.1, -0.05) is 0 Å². The van der Waals surface area contributed by atoms with Crippen LogP contribution in [0.3, 0.4) is 0 Å². The van der Waals surface area contributed by atoms with Gasteiger partial charge in [-0.25, -0.2) is 13.4 Å². The number of aromatic nitrogens is 2. The molecule has 7 heteroatoms. The molecule has 94 valence electrons. The maximum atomic E-state index is 11.4. The normalized spacial score (nSPS) is 22.3. The molecule has 0 radical (unpaired) electrons. The Morgan fingerprint density at radius 1 is 1.47 bits per heavy atom. The zero-order valence-electron chi connectivity index (χ0n) is 9.61. The number of piperidine rings is 1. The minimum atomic E-state index is -3.13. The zero-order chi connectivity index (χ0) is 12.3. The van der Waals surface area contributed by atoms with E-state index in [9.17, 15) is 8.42 Å². The van der Waals surface area contributed by atoms with Crippen molar-refractivity contribution in [2.45, 2.75) is 18.9 Å². The summed E-state index contributed by atoms with van der Waals surface area (Å²) in [4.78, 5) is 7.91. The second kappa shape index (κ2) is 4.97. The lowest BCUT2D eigenvalue weighted by atomic mass is 10.1. The van der Waals surface area contributed by atoms with Gasteiger partial charge in [0, 0.05) is 18.9 Å². The van der Waals surface area contributed by atoms with E-state index in [0.29, 0.717) is 19.0 Å². The summed E-state index contributed by atoms with van der Waals surface area (Å²) >= 11 is 0. The van der Waals surface area contributed by atoms with Crippen LogP contribution in [0.1, 0.15) is 12.8 Å². The standard InChI is InChI=1S/C10H15N3O3S/c1-17(14,15)13-6-2-3-9(8-13)16-10-7-11-4-5-12-10/h4-5,7,9H,2-3,6,8H2,1H3/t9-/m1/s1. The SMILES string of the molecule is CS(=O)(=O)N1CCC[C@@H](Oc2cnccn2)C1. The monoisotopic (exact) mass is 257 g/mol. The largest absolute Gasteiger partial charge is 0.472 e. The Morgan fingerprint density at radius 2 is 2.29 bits per heavy atom. The van der Waals surface area contributed by atoms with Crippen molar-refractivity contribution in [1.82, 2.24) is 14.3 Å². The molecule has 0 unspecified atom stereocenters. The maximum Gasteiger partial charge on any atom is 0.232 e. The van der Waals surface area contributed by atoms with Crippen molar-refractivity contribution in [1.29, 1.82) is 0 Å². The highest BCUT2D eigenvalue weighted by molar-refractivity contribution is 7.88. The first-order valence-electron chi connectivity index (χ1n) is 5.43. The summed E-state index contributed by atoms with van der Waals surface area (Å²) in [5.74, 6) is 0.438. The molecule has 1 aromatic heterocycles. The van der Waals surface area contributed by atoms with Gasteiger partial charge in [0.15, 0.2) is 0 Å². The van der Waals surface area contributed by atoms with Crippen LogP contribution in [0.5, 0.6) is 5.88 Å². The minimum Gasteiger partial charge on any atom is -0.472 e. The Morgan fingerprint density at radius 3 is 2.94 bits per heavy atom. The summed E-state index contributed by atoms with van der Waals surface area (Å²) < 4.78 is 29.9. The maximum absolute atomic E-state index is 11.4. The van der Waals surface area contributed by atoms with Gasteiger partial charge in [-0.2, -0.15) is 4.31 Å². The average molecular weight is 257 g/mol. The molecule has 0 N–H and O–H groups in total. The van der Waals surface area contributed by atoms with Gasteiger partial charge in [0.2, 0.25) is 15.9 Å². The van der Waals surface area contributed by atoms with Crippen molar-refractivity contribution in [2.75, 3.05) is 19.3 Å². The molecule has 0 bridgehead atoms. The number of nitrogens with zero attached hydrogens (tertiary/aromatic N) is 3. The van der Waals surface area contributed by atoms with Crippen LogP contribution in [0.2, 0.25) is 0 Å². The van der Waals surface area contributed by atoms with E-state index in [0.717, 1.165) is 12.8 Å². The number of hydrogen-bond donors (Lipinski definition) is 0. The van der Waals surface area contributed by atoms with Gasteiger partial charge in [-0.15, -0.1) is 0 Å². The fraction of sp³-hybridized carbons (Fsp3) is 0.600. The van der Waals surface area contributed by atoms with Gasteiger partial charge >= 0.3 is 0 Å². The quantitative estimate of drug-likeness (QED) is 0.777. The first kappa shape index (κ1) is 12.3. The molecule has 6 nitrogen and oxygen atoms in total. The fourth-order valence-corrected chi connectivity index (χ4v) is 2.72. The molecular weight excluding hydrogens is 242 g/mol. The summed E-state index contributed by atoms with van der Waals surface area (Å²) in [6, 6.07) is 0. The topological polar surface area (TPSA) is 72.4 Å². The van der Waals surface area contributed by atoms with Gasteiger partial charge < -0.3 is 4.74 Å². The van der Waals surface area contributed by atoms with Crippen LogP contribution in [0.4, 0.5) is 0 Å². The van der Waals surface area contributed by atoms with Gasteiger partial charge in [0.25, 0.3) is 0 Å². The highest BCUT2D eigenvalue weighted by atomic mass is 32.2. The van der Waals surface area contributed by atoms with Gasteiger partial charge in [-0.3, -0.25) is 4.98 Å². The fourth-order valence-electron chi connectivity index (χ4n) is 1.82. The molecular formula is C10H15N3O3S. The summed E-state index contributed by atoms with van der Waals surface area (Å²) in [5.41, 5.74) is 0. The van der Waals surface area contributed by atoms with Crippen LogP contribution in [0.15, 0.2) is 18.6 Å². The van der Waals surface area contributed by atoms with Crippen molar-refractivity contribution in [3.63, 3.8) is 0 Å². The zero-order valence-corrected chi connectivity index (χ0v) is 10.4. The highest BCUT2D eigenvalue weighted by Crippen LogP contribution is 2.17. The molecule has 17 heavy (non-hydrogen) atoms. The molecule has 0 aromatic carbocycles. The van der Waals surface area contributed by atoms with Crippen LogP contribution in [0.25, 0.3) is 0 Å². The Hall–Kier alpha value is -1.21. The predicted octanol–water partition coefficient (Wildman–Crippen LogP) is 0.279. The lowest BCUT2D eigenvalue weighted by Crippen LogP contribution is -2.43. The van der Waals surface area contributed by atoms with E-state index in [2.05, 4.69) is 9.97 Å². The first-order valence-corrected chi connectivity index (χ1v) is 7.28. The Balaban J connectivity index is 1.99. The lowest BCUT2D eigenvalue weighted by molar-refractivity contribution is 0.124. The molecule has 0 spiro atoms. The van der Waals surface area contributed by atoms with E-state index in [-0.39, 0.29) is 6.10 Å². The van der Waals surface area contributed by atoms with Crippen molar-refractivity contribution >= 4 is 10.0 Å². The smallest absolute Gasteiger partial charge is 0.232 e. The van der Waals surface area contributed by atoms with Crippen molar-refractivity contribution in [3.8, 4) is 5.88 Å². The number of ether oxygens (including phenoxy) is 1. The Kier molecular flexibility index (Phi) is 3.58. The Labute approximate surface area is 101 Å². The predicted molar refractivity (Wildman–Crippen MR) is 62.1 cm³/mol. The first-order chi connectivity index (χ1) is 8.05. The molecule has 2 rings (SSSR count). The van der Waals surface area contributed by atoms with E-state index in [1.165, 1.54) is 16.8 Å². The van der Waals surface area contributed by atoms with Crippen LogP contribution >= 0.6 is 0 Å². The molecule has 1 saturated heterocycles. The Bertz CT molecular complexity index is 463. The van der Waals surface area contributed by atoms with Crippen molar-refractivity contribution in [2.24, 2.45) is 0 Å². The average Bonchev–Trinajstić information content (AvgIpc) is 2.29. The molecule has 1 aliphatic rings. The lowest BCUT2D eigenvalue weighted by Gasteiger charge is -2.30. The second-order valence-corrected chi connectivity index (χ2v) is 6.03. The van der Waals surface area contributed by atoms with Crippen LogP contribution in [-0.2, 0) is 10.0 Å². The third-order valence-corrected chi connectivity index (χ3v) is 3.91. The minimum absolute atomic E-state index is 0.143. The van der Waals surface area contributed by atoms with Gasteiger partial charge in [-0.05, 0) is 12.8 Å². The molecule has 1 aromatic rings. The van der Waals surface area contributed by atoms with Crippen molar-refractivity contribution in [3.05, 3.63) is 18.6 Å². The van der Waals surface area contributed by atoms with E-state index >= 15 is 0 Å². The molecule has 1 fully saturated rings. The second-order valence-electron chi connectivity index (χ2n) is 4.05. The van der Waals surface area contributed by atoms with Gasteiger partial charge in [0.1, 0.15) is 6.10 Å². The number of hydrogen-bond acceptors (Lipinski definition) is 5. The molecule has 1 aliphatic heterocycles. The third-order valence-electron chi connectivity index (χ3n) is 2.64.